The Kier molecular flexibility index (Phi) is 8.69. The lowest BCUT2D eigenvalue weighted by Crippen LogP contribution is -2.26. The van der Waals surface area contributed by atoms with E-state index in [0.29, 0.717) is 43.4 Å². The van der Waals surface area contributed by atoms with Gasteiger partial charge in [-0.05, 0) is 59.5 Å². The number of aliphatic hydroxyl groups is 1. The minimum absolute atomic E-state index is 0.126. The van der Waals surface area contributed by atoms with Crippen molar-refractivity contribution in [2.45, 2.75) is 19.4 Å². The Balaban J connectivity index is 1.50. The molecule has 7 heteroatoms. The summed E-state index contributed by atoms with van der Waals surface area (Å²) < 4.78 is 11.4. The van der Waals surface area contributed by atoms with Crippen molar-refractivity contribution in [2.24, 2.45) is 0 Å². The molecule has 0 amide bonds. The molecule has 0 heterocycles. The fourth-order valence-electron chi connectivity index (χ4n) is 3.28. The Morgan fingerprint density at radius 3 is 2.42 bits per heavy atom. The van der Waals surface area contributed by atoms with Crippen molar-refractivity contribution in [3.63, 3.8) is 0 Å². The maximum Gasteiger partial charge on any atom is 0.339 e. The standard InChI is InChI=1S/C26H29NO6/c1-2-13-33-25-16-19(8-11-23(25)26(30)31)18-6-9-22(10-7-18)32-14-12-27-17-24(29)20-4-3-5-21(28)15-20/h3-11,15-16,24,27-29H,2,12-14,17H2,1H3,(H,30,31)/t24-/m0/s1. The van der Waals surface area contributed by atoms with E-state index >= 15 is 0 Å². The molecule has 0 fully saturated rings. The van der Waals surface area contributed by atoms with Crippen LogP contribution in [0.5, 0.6) is 17.2 Å². The molecule has 0 saturated carbocycles. The molecule has 7 nitrogen and oxygen atoms in total. The van der Waals surface area contributed by atoms with Gasteiger partial charge in [-0.25, -0.2) is 4.79 Å². The van der Waals surface area contributed by atoms with E-state index in [-0.39, 0.29) is 11.3 Å². The second-order valence-corrected chi connectivity index (χ2v) is 7.55. The van der Waals surface area contributed by atoms with Crippen LogP contribution in [-0.2, 0) is 0 Å². The van der Waals surface area contributed by atoms with Crippen LogP contribution in [0.3, 0.4) is 0 Å². The molecule has 1 atom stereocenters. The fraction of sp³-hybridized carbons (Fsp3) is 0.269. The number of aliphatic hydroxyl groups excluding tert-OH is 1. The van der Waals surface area contributed by atoms with Crippen LogP contribution < -0.4 is 14.8 Å². The summed E-state index contributed by atoms with van der Waals surface area (Å²) >= 11 is 0. The van der Waals surface area contributed by atoms with Crippen LogP contribution in [0.25, 0.3) is 11.1 Å². The van der Waals surface area contributed by atoms with Gasteiger partial charge in [-0.1, -0.05) is 37.3 Å². The van der Waals surface area contributed by atoms with Crippen molar-refractivity contribution in [1.29, 1.82) is 0 Å². The molecule has 0 aliphatic rings. The molecule has 0 aliphatic heterocycles. The number of phenolic OH excluding ortho intramolecular Hbond substituents is 1. The lowest BCUT2D eigenvalue weighted by atomic mass is 10.0. The molecular weight excluding hydrogens is 422 g/mol. The highest BCUT2D eigenvalue weighted by Gasteiger charge is 2.13. The average Bonchev–Trinajstić information content (AvgIpc) is 2.82. The molecule has 0 saturated heterocycles. The van der Waals surface area contributed by atoms with E-state index in [1.165, 1.54) is 0 Å². The minimum Gasteiger partial charge on any atom is -0.508 e. The first-order valence-corrected chi connectivity index (χ1v) is 10.9. The monoisotopic (exact) mass is 451 g/mol. The highest BCUT2D eigenvalue weighted by Crippen LogP contribution is 2.29. The number of phenols is 1. The molecule has 0 bridgehead atoms. The van der Waals surface area contributed by atoms with Crippen LogP contribution in [0.2, 0.25) is 0 Å². The second kappa shape index (κ2) is 11.9. The molecule has 4 N–H and O–H groups in total. The Hall–Kier alpha value is -3.55. The van der Waals surface area contributed by atoms with Gasteiger partial charge in [0.25, 0.3) is 0 Å². The number of ether oxygens (including phenoxy) is 2. The van der Waals surface area contributed by atoms with Gasteiger partial charge in [0.2, 0.25) is 0 Å². The summed E-state index contributed by atoms with van der Waals surface area (Å²) in [6.07, 6.45) is 0.0778. The molecule has 0 unspecified atom stereocenters. The van der Waals surface area contributed by atoms with E-state index in [1.807, 2.05) is 31.2 Å². The molecule has 33 heavy (non-hydrogen) atoms. The Morgan fingerprint density at radius 2 is 1.73 bits per heavy atom. The number of hydrogen-bond acceptors (Lipinski definition) is 6. The van der Waals surface area contributed by atoms with Crippen LogP contribution in [0.1, 0.15) is 35.4 Å². The lowest BCUT2D eigenvalue weighted by Gasteiger charge is -2.13. The van der Waals surface area contributed by atoms with Crippen molar-refractivity contribution >= 4 is 5.97 Å². The zero-order chi connectivity index (χ0) is 23.6. The molecule has 3 aromatic rings. The van der Waals surface area contributed by atoms with Gasteiger partial charge in [0, 0.05) is 13.1 Å². The summed E-state index contributed by atoms with van der Waals surface area (Å²) in [5.74, 6) is 0.181. The summed E-state index contributed by atoms with van der Waals surface area (Å²) in [4.78, 5) is 11.4. The summed E-state index contributed by atoms with van der Waals surface area (Å²) in [5.41, 5.74) is 2.58. The van der Waals surface area contributed by atoms with Crippen molar-refractivity contribution in [3.8, 4) is 28.4 Å². The number of hydrogen-bond donors (Lipinski definition) is 4. The number of carbonyl (C=O) groups is 1. The van der Waals surface area contributed by atoms with E-state index in [1.54, 1.807) is 42.5 Å². The summed E-state index contributed by atoms with van der Waals surface area (Å²) in [5, 5.41) is 32.1. The number of rotatable bonds is 12. The van der Waals surface area contributed by atoms with E-state index < -0.39 is 12.1 Å². The Bertz CT molecular complexity index is 1050. The van der Waals surface area contributed by atoms with Crippen LogP contribution >= 0.6 is 0 Å². The van der Waals surface area contributed by atoms with Crippen molar-refractivity contribution in [3.05, 3.63) is 77.9 Å². The highest BCUT2D eigenvalue weighted by molar-refractivity contribution is 5.92. The van der Waals surface area contributed by atoms with E-state index in [9.17, 15) is 20.1 Å². The third-order valence-corrected chi connectivity index (χ3v) is 5.00. The third-order valence-electron chi connectivity index (χ3n) is 5.00. The zero-order valence-electron chi connectivity index (χ0n) is 18.5. The number of benzene rings is 3. The predicted octanol–water partition coefficient (Wildman–Crippen LogP) is 4.25. The van der Waals surface area contributed by atoms with Gasteiger partial charge < -0.3 is 30.1 Å². The summed E-state index contributed by atoms with van der Waals surface area (Å²) in [6, 6.07) is 19.2. The largest absolute Gasteiger partial charge is 0.508 e. The van der Waals surface area contributed by atoms with Gasteiger partial charge in [0.05, 0.1) is 12.7 Å². The van der Waals surface area contributed by atoms with Crippen LogP contribution in [0, 0.1) is 0 Å². The normalized spacial score (nSPS) is 11.7. The Morgan fingerprint density at radius 1 is 0.970 bits per heavy atom. The molecule has 3 rings (SSSR count). The first-order valence-electron chi connectivity index (χ1n) is 10.9. The molecule has 0 aromatic heterocycles. The van der Waals surface area contributed by atoms with Crippen molar-refractivity contribution < 1.29 is 29.6 Å². The van der Waals surface area contributed by atoms with Gasteiger partial charge in [-0.2, -0.15) is 0 Å². The topological polar surface area (TPSA) is 108 Å². The first kappa shape index (κ1) is 24.1. The Labute approximate surface area is 193 Å². The van der Waals surface area contributed by atoms with Gasteiger partial charge in [-0.15, -0.1) is 0 Å². The van der Waals surface area contributed by atoms with Crippen molar-refractivity contribution in [1.82, 2.24) is 5.32 Å². The van der Waals surface area contributed by atoms with Gasteiger partial charge in [-0.3, -0.25) is 0 Å². The number of nitrogens with one attached hydrogen (secondary N) is 1. The van der Waals surface area contributed by atoms with Crippen LogP contribution in [-0.4, -0.2) is 47.6 Å². The maximum absolute atomic E-state index is 11.4. The van der Waals surface area contributed by atoms with Crippen LogP contribution in [0.4, 0.5) is 0 Å². The number of aromatic carboxylic acids is 1. The summed E-state index contributed by atoms with van der Waals surface area (Å²) in [7, 11) is 0. The zero-order valence-corrected chi connectivity index (χ0v) is 18.5. The molecule has 0 aliphatic carbocycles. The van der Waals surface area contributed by atoms with E-state index in [4.69, 9.17) is 9.47 Å². The molecule has 0 radical (unpaired) electrons. The van der Waals surface area contributed by atoms with Crippen molar-refractivity contribution in [2.75, 3.05) is 26.3 Å². The van der Waals surface area contributed by atoms with Crippen LogP contribution in [0.15, 0.2) is 66.7 Å². The third kappa shape index (κ3) is 6.97. The molecule has 0 spiro atoms. The highest BCUT2D eigenvalue weighted by atomic mass is 16.5. The smallest absolute Gasteiger partial charge is 0.339 e. The van der Waals surface area contributed by atoms with Gasteiger partial charge >= 0.3 is 5.97 Å². The lowest BCUT2D eigenvalue weighted by molar-refractivity contribution is 0.0692. The predicted molar refractivity (Wildman–Crippen MR) is 126 cm³/mol. The summed E-state index contributed by atoms with van der Waals surface area (Å²) in [6.45, 7) is 3.74. The SMILES string of the molecule is CCCOc1cc(-c2ccc(OCCNC[C@H](O)c3cccc(O)c3)cc2)ccc1C(=O)O. The quantitative estimate of drug-likeness (QED) is 0.305. The number of aromatic hydroxyl groups is 1. The maximum atomic E-state index is 11.4. The molecular formula is C26H29NO6. The van der Waals surface area contributed by atoms with E-state index in [2.05, 4.69) is 5.32 Å². The number of carboxylic acid groups (broad SMARTS) is 1. The fourth-order valence-corrected chi connectivity index (χ4v) is 3.28. The van der Waals surface area contributed by atoms with Gasteiger partial charge in [0.15, 0.2) is 0 Å². The molecule has 174 valence electrons. The van der Waals surface area contributed by atoms with Gasteiger partial charge in [0.1, 0.15) is 29.4 Å². The average molecular weight is 452 g/mol. The van der Waals surface area contributed by atoms with E-state index in [0.717, 1.165) is 17.5 Å². The number of carboxylic acids is 1. The second-order valence-electron chi connectivity index (χ2n) is 7.55. The molecule has 3 aromatic carbocycles. The first-order chi connectivity index (χ1) is 16.0. The minimum atomic E-state index is -1.01.